The first-order chi connectivity index (χ1) is 12.8. The number of ether oxygens (including phenoxy) is 3. The lowest BCUT2D eigenvalue weighted by Gasteiger charge is -2.13. The smallest absolute Gasteiger partial charge is 0.339 e. The van der Waals surface area contributed by atoms with Crippen molar-refractivity contribution in [2.45, 2.75) is 6.61 Å². The van der Waals surface area contributed by atoms with E-state index in [0.29, 0.717) is 0 Å². The Morgan fingerprint density at radius 1 is 1.00 bits per heavy atom. The van der Waals surface area contributed by atoms with Gasteiger partial charge in [0.2, 0.25) is 0 Å². The molecule has 0 bridgehead atoms. The fourth-order valence-corrected chi connectivity index (χ4v) is 2.30. The minimum absolute atomic E-state index is 0.0923. The van der Waals surface area contributed by atoms with Crippen molar-refractivity contribution in [2.75, 3.05) is 14.2 Å². The van der Waals surface area contributed by atoms with Crippen LogP contribution in [0.4, 0.5) is 5.69 Å². The molecule has 0 amide bonds. The Balaban J connectivity index is 2.43. The van der Waals surface area contributed by atoms with Crippen molar-refractivity contribution in [1.82, 2.24) is 0 Å². The standard InChI is InChI=1S/C17H15NO9/c1-25-14-6-10(12(18(23)24)7-15(14)26-2)8-27-13-5-9(16(19)20)3-4-11(13)17(21)22/h3-7H,8H2,1-2H3,(H,19,20)(H,21,22). The van der Waals surface area contributed by atoms with Gasteiger partial charge in [-0.15, -0.1) is 0 Å². The highest BCUT2D eigenvalue weighted by atomic mass is 16.6. The molecule has 2 rings (SSSR count). The SMILES string of the molecule is COc1cc(COc2cc(C(=O)O)ccc2C(=O)O)c([N+](=O)[O-])cc1OC. The van der Waals surface area contributed by atoms with Gasteiger partial charge in [0.05, 0.1) is 36.3 Å². The van der Waals surface area contributed by atoms with Crippen LogP contribution in [-0.2, 0) is 6.61 Å². The highest BCUT2D eigenvalue weighted by Crippen LogP contribution is 2.35. The van der Waals surface area contributed by atoms with Crippen LogP contribution in [-0.4, -0.2) is 41.3 Å². The molecule has 2 aromatic carbocycles. The molecule has 0 heterocycles. The third-order valence-electron chi connectivity index (χ3n) is 3.62. The molecule has 0 saturated carbocycles. The Hall–Kier alpha value is -3.82. The topological polar surface area (TPSA) is 145 Å². The maximum Gasteiger partial charge on any atom is 0.339 e. The predicted octanol–water partition coefficient (Wildman–Crippen LogP) is 2.59. The molecule has 27 heavy (non-hydrogen) atoms. The molecule has 2 aromatic rings. The van der Waals surface area contributed by atoms with Gasteiger partial charge in [-0.25, -0.2) is 9.59 Å². The number of aromatic carboxylic acids is 2. The Labute approximate surface area is 152 Å². The van der Waals surface area contributed by atoms with Crippen LogP contribution in [0.15, 0.2) is 30.3 Å². The molecule has 0 fully saturated rings. The molecule has 0 atom stereocenters. The summed E-state index contributed by atoms with van der Waals surface area (Å²) in [5.74, 6) is -2.46. The monoisotopic (exact) mass is 377 g/mol. The fourth-order valence-electron chi connectivity index (χ4n) is 2.30. The summed E-state index contributed by atoms with van der Waals surface area (Å²) in [5.41, 5.74) is -0.687. The lowest BCUT2D eigenvalue weighted by molar-refractivity contribution is -0.385. The Bertz CT molecular complexity index is 908. The van der Waals surface area contributed by atoms with Crippen molar-refractivity contribution in [1.29, 1.82) is 0 Å². The first kappa shape index (κ1) is 19.5. The van der Waals surface area contributed by atoms with Crippen LogP contribution in [0.1, 0.15) is 26.3 Å². The van der Waals surface area contributed by atoms with E-state index in [2.05, 4.69) is 0 Å². The first-order valence-corrected chi connectivity index (χ1v) is 7.41. The van der Waals surface area contributed by atoms with E-state index >= 15 is 0 Å². The third kappa shape index (κ3) is 4.24. The number of hydrogen-bond acceptors (Lipinski definition) is 7. The van der Waals surface area contributed by atoms with E-state index in [1.807, 2.05) is 0 Å². The number of carbonyl (C=O) groups is 2. The third-order valence-corrected chi connectivity index (χ3v) is 3.62. The van der Waals surface area contributed by atoms with Crippen LogP contribution < -0.4 is 14.2 Å². The zero-order valence-electron chi connectivity index (χ0n) is 14.3. The predicted molar refractivity (Wildman–Crippen MR) is 90.9 cm³/mol. The number of carboxylic acid groups (broad SMARTS) is 2. The highest BCUT2D eigenvalue weighted by molar-refractivity contribution is 5.94. The molecule has 10 heteroatoms. The van der Waals surface area contributed by atoms with Gasteiger partial charge < -0.3 is 24.4 Å². The quantitative estimate of drug-likeness (QED) is 0.523. The van der Waals surface area contributed by atoms with Gasteiger partial charge in [-0.2, -0.15) is 0 Å². The van der Waals surface area contributed by atoms with E-state index < -0.39 is 16.9 Å². The number of rotatable bonds is 8. The van der Waals surface area contributed by atoms with Crippen molar-refractivity contribution < 1.29 is 38.9 Å². The number of nitrogens with zero attached hydrogens (tertiary/aromatic N) is 1. The van der Waals surface area contributed by atoms with E-state index in [0.717, 1.165) is 24.3 Å². The van der Waals surface area contributed by atoms with Gasteiger partial charge in [0.15, 0.2) is 11.5 Å². The first-order valence-electron chi connectivity index (χ1n) is 7.41. The second-order valence-corrected chi connectivity index (χ2v) is 5.20. The van der Waals surface area contributed by atoms with Gasteiger partial charge >= 0.3 is 11.9 Å². The van der Waals surface area contributed by atoms with Crippen molar-refractivity contribution in [3.63, 3.8) is 0 Å². The van der Waals surface area contributed by atoms with Gasteiger partial charge in [-0.1, -0.05) is 0 Å². The van der Waals surface area contributed by atoms with Crippen LogP contribution >= 0.6 is 0 Å². The molecule has 0 spiro atoms. The molecular formula is C17H15NO9. The maximum atomic E-state index is 11.3. The molecule has 0 saturated heterocycles. The van der Waals surface area contributed by atoms with Crippen LogP contribution in [0.5, 0.6) is 17.2 Å². The number of benzene rings is 2. The van der Waals surface area contributed by atoms with Crippen LogP contribution in [0.3, 0.4) is 0 Å². The van der Waals surface area contributed by atoms with Crippen molar-refractivity contribution in [3.8, 4) is 17.2 Å². The molecule has 0 aliphatic rings. The number of methoxy groups -OCH3 is 2. The number of carboxylic acids is 2. The summed E-state index contributed by atoms with van der Waals surface area (Å²) in [4.78, 5) is 33.0. The lowest BCUT2D eigenvalue weighted by atomic mass is 10.1. The summed E-state index contributed by atoms with van der Waals surface area (Å²) in [5, 5.41) is 29.6. The molecule has 0 unspecified atom stereocenters. The zero-order chi connectivity index (χ0) is 20.1. The van der Waals surface area contributed by atoms with E-state index in [1.54, 1.807) is 0 Å². The summed E-state index contributed by atoms with van der Waals surface area (Å²) in [7, 11) is 2.68. The molecule has 0 radical (unpaired) electrons. The Morgan fingerprint density at radius 3 is 2.15 bits per heavy atom. The van der Waals surface area contributed by atoms with E-state index in [4.69, 9.17) is 19.3 Å². The second kappa shape index (κ2) is 8.04. The van der Waals surface area contributed by atoms with Crippen LogP contribution in [0.25, 0.3) is 0 Å². The average Bonchev–Trinajstić information content (AvgIpc) is 2.64. The minimum Gasteiger partial charge on any atom is -0.493 e. The largest absolute Gasteiger partial charge is 0.493 e. The summed E-state index contributed by atoms with van der Waals surface area (Å²) >= 11 is 0. The fraction of sp³-hybridized carbons (Fsp3) is 0.176. The summed E-state index contributed by atoms with van der Waals surface area (Å²) < 4.78 is 15.5. The Kier molecular flexibility index (Phi) is 5.81. The Morgan fingerprint density at radius 2 is 1.63 bits per heavy atom. The molecule has 2 N–H and O–H groups in total. The normalized spacial score (nSPS) is 10.1. The molecule has 142 valence electrons. The van der Waals surface area contributed by atoms with E-state index in [-0.39, 0.29) is 46.2 Å². The molecule has 0 aromatic heterocycles. The van der Waals surface area contributed by atoms with Gasteiger partial charge in [0.25, 0.3) is 5.69 Å². The second-order valence-electron chi connectivity index (χ2n) is 5.20. The average molecular weight is 377 g/mol. The summed E-state index contributed by atoms with van der Waals surface area (Å²) in [6.45, 7) is -0.389. The minimum atomic E-state index is -1.33. The van der Waals surface area contributed by atoms with Crippen LogP contribution in [0, 0.1) is 10.1 Å². The van der Waals surface area contributed by atoms with Gasteiger partial charge in [0.1, 0.15) is 17.9 Å². The maximum absolute atomic E-state index is 11.3. The van der Waals surface area contributed by atoms with Gasteiger partial charge in [0, 0.05) is 0 Å². The van der Waals surface area contributed by atoms with Crippen LogP contribution in [0.2, 0.25) is 0 Å². The van der Waals surface area contributed by atoms with Gasteiger partial charge in [-0.3, -0.25) is 10.1 Å². The molecule has 10 nitrogen and oxygen atoms in total. The summed E-state index contributed by atoms with van der Waals surface area (Å²) in [6.07, 6.45) is 0. The van der Waals surface area contributed by atoms with E-state index in [9.17, 15) is 24.8 Å². The van der Waals surface area contributed by atoms with Crippen molar-refractivity contribution in [3.05, 3.63) is 57.1 Å². The van der Waals surface area contributed by atoms with Crippen molar-refractivity contribution >= 4 is 17.6 Å². The zero-order valence-corrected chi connectivity index (χ0v) is 14.3. The van der Waals surface area contributed by atoms with E-state index in [1.165, 1.54) is 20.3 Å². The highest BCUT2D eigenvalue weighted by Gasteiger charge is 2.21. The van der Waals surface area contributed by atoms with Crippen molar-refractivity contribution in [2.24, 2.45) is 0 Å². The number of nitro benzene ring substituents is 1. The molecular weight excluding hydrogens is 362 g/mol. The van der Waals surface area contributed by atoms with Gasteiger partial charge in [-0.05, 0) is 24.3 Å². The lowest BCUT2D eigenvalue weighted by Crippen LogP contribution is -2.07. The summed E-state index contributed by atoms with van der Waals surface area (Å²) in [6, 6.07) is 5.74. The number of hydrogen-bond donors (Lipinski definition) is 2. The molecule has 0 aliphatic heterocycles. The molecule has 0 aliphatic carbocycles. The number of nitro groups is 1.